The van der Waals surface area contributed by atoms with Crippen LogP contribution in [0.5, 0.6) is 0 Å². The number of carboxylic acid groups (broad SMARTS) is 1. The van der Waals surface area contributed by atoms with Gasteiger partial charge in [0.1, 0.15) is 0 Å². The Bertz CT molecular complexity index is 880. The molecule has 0 saturated carbocycles. The van der Waals surface area contributed by atoms with Crippen molar-refractivity contribution in [3.8, 4) is 5.69 Å². The van der Waals surface area contributed by atoms with Gasteiger partial charge >= 0.3 is 12.1 Å². The van der Waals surface area contributed by atoms with Crippen LogP contribution in [0.1, 0.15) is 55.0 Å². The molecule has 27 heavy (non-hydrogen) atoms. The normalized spacial score (nSPS) is 14.0. The minimum absolute atomic E-state index is 0.206. The van der Waals surface area contributed by atoms with Crippen molar-refractivity contribution in [3.63, 3.8) is 0 Å². The van der Waals surface area contributed by atoms with E-state index in [9.17, 15) is 14.7 Å². The van der Waals surface area contributed by atoms with Crippen molar-refractivity contribution in [2.75, 3.05) is 13.2 Å². The summed E-state index contributed by atoms with van der Waals surface area (Å²) in [6.07, 6.45) is -0.270. The van der Waals surface area contributed by atoms with Gasteiger partial charge in [0, 0.05) is 18.5 Å². The van der Waals surface area contributed by atoms with E-state index in [4.69, 9.17) is 4.74 Å². The maximum Gasteiger partial charge on any atom is 0.407 e. The van der Waals surface area contributed by atoms with Crippen molar-refractivity contribution in [3.05, 3.63) is 46.8 Å². The molecule has 0 atom stereocenters. The fourth-order valence-electron chi connectivity index (χ4n) is 3.13. The molecule has 7 nitrogen and oxygen atoms in total. The Morgan fingerprint density at radius 3 is 2.59 bits per heavy atom. The highest BCUT2D eigenvalue weighted by atomic mass is 16.5. The van der Waals surface area contributed by atoms with Crippen LogP contribution in [-0.4, -0.2) is 45.0 Å². The van der Waals surface area contributed by atoms with Crippen LogP contribution in [-0.2, 0) is 23.1 Å². The number of amides is 1. The van der Waals surface area contributed by atoms with E-state index < -0.39 is 12.1 Å². The van der Waals surface area contributed by atoms with Crippen molar-refractivity contribution in [2.24, 2.45) is 0 Å². The van der Waals surface area contributed by atoms with Crippen LogP contribution >= 0.6 is 0 Å². The molecule has 0 bridgehead atoms. The molecule has 144 valence electrons. The first-order valence-corrected chi connectivity index (χ1v) is 9.08. The van der Waals surface area contributed by atoms with Gasteiger partial charge in [0.2, 0.25) is 0 Å². The van der Waals surface area contributed by atoms with E-state index in [0.717, 1.165) is 22.5 Å². The molecule has 0 spiro atoms. The van der Waals surface area contributed by atoms with Gasteiger partial charge in [-0.1, -0.05) is 26.8 Å². The second-order valence-corrected chi connectivity index (χ2v) is 7.70. The van der Waals surface area contributed by atoms with Gasteiger partial charge in [0.05, 0.1) is 18.0 Å². The van der Waals surface area contributed by atoms with Gasteiger partial charge in [-0.15, -0.1) is 0 Å². The van der Waals surface area contributed by atoms with Gasteiger partial charge in [-0.3, -0.25) is 0 Å². The maximum absolute atomic E-state index is 12.4. The molecule has 0 saturated heterocycles. The van der Waals surface area contributed by atoms with E-state index in [1.54, 1.807) is 17.7 Å². The van der Waals surface area contributed by atoms with Crippen molar-refractivity contribution in [1.29, 1.82) is 0 Å². The topological polar surface area (TPSA) is 84.7 Å². The summed E-state index contributed by atoms with van der Waals surface area (Å²) in [6, 6.07) is 7.54. The summed E-state index contributed by atoms with van der Waals surface area (Å²) in [6.45, 7) is 9.04. The number of benzene rings is 1. The Balaban J connectivity index is 2.02. The predicted molar refractivity (Wildman–Crippen MR) is 100 cm³/mol. The van der Waals surface area contributed by atoms with Gasteiger partial charge < -0.3 is 14.7 Å². The number of fused-ring (bicyclic) bond motifs is 1. The smallest absolute Gasteiger partial charge is 0.407 e. The number of hydrogen-bond acceptors (Lipinski definition) is 4. The molecule has 2 aromatic rings. The first-order chi connectivity index (χ1) is 12.7. The summed E-state index contributed by atoms with van der Waals surface area (Å²) >= 11 is 0. The zero-order valence-corrected chi connectivity index (χ0v) is 16.2. The number of esters is 1. The number of hydrogen-bond donors (Lipinski definition) is 1. The molecule has 1 aromatic heterocycles. The molecule has 2 heterocycles. The lowest BCUT2D eigenvalue weighted by atomic mass is 9.92. The number of carbonyl (C=O) groups is 2. The van der Waals surface area contributed by atoms with Crippen molar-refractivity contribution in [2.45, 2.75) is 46.1 Å². The number of nitrogens with zero attached hydrogens (tertiary/aromatic N) is 3. The Hall–Kier alpha value is -2.83. The monoisotopic (exact) mass is 371 g/mol. The molecule has 0 fully saturated rings. The fourth-order valence-corrected chi connectivity index (χ4v) is 3.13. The summed E-state index contributed by atoms with van der Waals surface area (Å²) in [7, 11) is 0. The highest BCUT2D eigenvalue weighted by Gasteiger charge is 2.25. The Morgan fingerprint density at radius 1 is 1.22 bits per heavy atom. The largest absolute Gasteiger partial charge is 0.465 e. The average molecular weight is 371 g/mol. The maximum atomic E-state index is 12.4. The van der Waals surface area contributed by atoms with Crippen LogP contribution in [0.3, 0.4) is 0 Å². The molecular formula is C20H25N3O4. The van der Waals surface area contributed by atoms with Gasteiger partial charge in [-0.05, 0) is 42.7 Å². The van der Waals surface area contributed by atoms with Crippen LogP contribution < -0.4 is 0 Å². The SMILES string of the molecule is CCOC(=O)c1cc(C(C)(C)C)nn1-c1ccc2c(c1)CCN(C(=O)O)C2. The predicted octanol–water partition coefficient (Wildman–Crippen LogP) is 3.38. The van der Waals surface area contributed by atoms with Gasteiger partial charge in [0.15, 0.2) is 5.69 Å². The number of rotatable bonds is 3. The van der Waals surface area contributed by atoms with Gasteiger partial charge in [-0.2, -0.15) is 5.10 Å². The van der Waals surface area contributed by atoms with Crippen LogP contribution in [0.2, 0.25) is 0 Å². The summed E-state index contributed by atoms with van der Waals surface area (Å²) in [5.74, 6) is -0.407. The van der Waals surface area contributed by atoms with Crippen molar-refractivity contribution >= 4 is 12.1 Å². The van der Waals surface area contributed by atoms with Gasteiger partial charge in [-0.25, -0.2) is 14.3 Å². The second-order valence-electron chi connectivity index (χ2n) is 7.70. The highest BCUT2D eigenvalue weighted by molar-refractivity contribution is 5.88. The van der Waals surface area contributed by atoms with E-state index in [1.807, 2.05) is 39.0 Å². The Morgan fingerprint density at radius 2 is 1.96 bits per heavy atom. The Kier molecular flexibility index (Phi) is 4.95. The van der Waals surface area contributed by atoms with E-state index in [2.05, 4.69) is 5.10 Å². The summed E-state index contributed by atoms with van der Waals surface area (Å²) in [5, 5.41) is 13.8. The second kappa shape index (κ2) is 7.06. The Labute approximate surface area is 158 Å². The lowest BCUT2D eigenvalue weighted by molar-refractivity contribution is 0.0515. The summed E-state index contributed by atoms with van der Waals surface area (Å²) < 4.78 is 6.82. The molecule has 1 aromatic carbocycles. The minimum atomic E-state index is -0.906. The molecule has 1 aliphatic rings. The van der Waals surface area contributed by atoms with E-state index in [0.29, 0.717) is 31.8 Å². The minimum Gasteiger partial charge on any atom is -0.465 e. The highest BCUT2D eigenvalue weighted by Crippen LogP contribution is 2.26. The van der Waals surface area contributed by atoms with E-state index in [1.165, 1.54) is 4.90 Å². The lowest BCUT2D eigenvalue weighted by Crippen LogP contribution is -2.34. The quantitative estimate of drug-likeness (QED) is 0.836. The summed E-state index contributed by atoms with van der Waals surface area (Å²) in [5.41, 5.74) is 3.82. The average Bonchev–Trinajstić information content (AvgIpc) is 3.07. The molecule has 1 amide bonds. The molecule has 0 unspecified atom stereocenters. The van der Waals surface area contributed by atoms with Crippen LogP contribution in [0, 0.1) is 0 Å². The molecule has 3 rings (SSSR count). The third kappa shape index (κ3) is 3.82. The first kappa shape index (κ1) is 18.9. The van der Waals surface area contributed by atoms with Crippen LogP contribution in [0.4, 0.5) is 4.79 Å². The van der Waals surface area contributed by atoms with Gasteiger partial charge in [0.25, 0.3) is 0 Å². The number of carbonyl (C=O) groups excluding carboxylic acids is 1. The zero-order chi connectivity index (χ0) is 19.8. The molecule has 0 radical (unpaired) electrons. The van der Waals surface area contributed by atoms with Crippen molar-refractivity contribution < 1.29 is 19.4 Å². The molecule has 7 heteroatoms. The standard InChI is InChI=1S/C20H25N3O4/c1-5-27-18(24)16-11-17(20(2,3)4)21-23(16)15-7-6-14-12-22(19(25)26)9-8-13(14)10-15/h6-7,10-11H,5,8-9,12H2,1-4H3,(H,25,26). The molecular weight excluding hydrogens is 346 g/mol. The lowest BCUT2D eigenvalue weighted by Gasteiger charge is -2.26. The van der Waals surface area contributed by atoms with E-state index >= 15 is 0 Å². The summed E-state index contributed by atoms with van der Waals surface area (Å²) in [4.78, 5) is 25.0. The molecule has 1 aliphatic heterocycles. The van der Waals surface area contributed by atoms with E-state index in [-0.39, 0.29) is 5.41 Å². The fraction of sp³-hybridized carbons (Fsp3) is 0.450. The third-order valence-electron chi connectivity index (χ3n) is 4.68. The van der Waals surface area contributed by atoms with Crippen molar-refractivity contribution in [1.82, 2.24) is 14.7 Å². The van der Waals surface area contributed by atoms with Crippen LogP contribution in [0.15, 0.2) is 24.3 Å². The first-order valence-electron chi connectivity index (χ1n) is 9.08. The van der Waals surface area contributed by atoms with Crippen LogP contribution in [0.25, 0.3) is 5.69 Å². The number of ether oxygens (including phenoxy) is 1. The number of aromatic nitrogens is 2. The molecule has 0 aliphatic carbocycles. The third-order valence-corrected chi connectivity index (χ3v) is 4.68. The molecule has 1 N–H and O–H groups in total. The zero-order valence-electron chi connectivity index (χ0n) is 16.2.